The third-order valence-electron chi connectivity index (χ3n) is 2.92. The number of pyridine rings is 1. The number of sulfonamides is 1. The number of aromatic nitrogens is 1. The molecule has 1 N–H and O–H groups in total. The van der Waals surface area contributed by atoms with Gasteiger partial charge in [0, 0.05) is 3.57 Å². The van der Waals surface area contributed by atoms with Crippen molar-refractivity contribution in [2.45, 2.75) is 24.7 Å². The quantitative estimate of drug-likeness (QED) is 0.575. The Labute approximate surface area is 143 Å². The number of hydrogen-bond donors (Lipinski definition) is 1. The van der Waals surface area contributed by atoms with Crippen LogP contribution in [0.3, 0.4) is 0 Å². The van der Waals surface area contributed by atoms with Crippen LogP contribution in [0.1, 0.15) is 25.3 Å². The van der Waals surface area contributed by atoms with Crippen molar-refractivity contribution in [3.8, 4) is 0 Å². The third-order valence-corrected chi connectivity index (χ3v) is 5.40. The summed E-state index contributed by atoms with van der Waals surface area (Å²) in [6.07, 6.45) is 1.41. The highest BCUT2D eigenvalue weighted by molar-refractivity contribution is 14.1. The van der Waals surface area contributed by atoms with E-state index in [0.717, 1.165) is 5.56 Å². The Morgan fingerprint density at radius 1 is 1.24 bits per heavy atom. The molecule has 0 aliphatic heterocycles. The van der Waals surface area contributed by atoms with Crippen molar-refractivity contribution in [1.29, 1.82) is 0 Å². The van der Waals surface area contributed by atoms with Crippen molar-refractivity contribution in [3.05, 3.63) is 50.8 Å². The van der Waals surface area contributed by atoms with Gasteiger partial charge in [0.15, 0.2) is 0 Å². The molecule has 0 spiro atoms. The number of nitrogens with one attached hydrogen (secondary N) is 1. The first kappa shape index (κ1) is 16.5. The third kappa shape index (κ3) is 4.08. The summed E-state index contributed by atoms with van der Waals surface area (Å²) in [5.74, 6) is 0.358. The van der Waals surface area contributed by atoms with Crippen LogP contribution in [-0.2, 0) is 10.0 Å². The predicted octanol–water partition coefficient (Wildman–Crippen LogP) is 4.26. The lowest BCUT2D eigenvalue weighted by atomic mass is 10.0. The van der Waals surface area contributed by atoms with Crippen molar-refractivity contribution in [2.75, 3.05) is 4.72 Å². The first-order valence-corrected chi connectivity index (χ1v) is 9.17. The zero-order valence-electron chi connectivity index (χ0n) is 11.5. The Morgan fingerprint density at radius 2 is 1.86 bits per heavy atom. The Morgan fingerprint density at radius 3 is 2.38 bits per heavy atom. The van der Waals surface area contributed by atoms with E-state index in [0.29, 0.717) is 20.3 Å². The number of rotatable bonds is 4. The number of anilines is 1. The van der Waals surface area contributed by atoms with Crippen molar-refractivity contribution in [3.63, 3.8) is 0 Å². The molecule has 4 nitrogen and oxygen atoms in total. The van der Waals surface area contributed by atoms with E-state index in [9.17, 15) is 8.42 Å². The van der Waals surface area contributed by atoms with Gasteiger partial charge in [0.1, 0.15) is 5.15 Å². The van der Waals surface area contributed by atoms with Crippen molar-refractivity contribution in [1.82, 2.24) is 4.98 Å². The molecule has 0 saturated heterocycles. The summed E-state index contributed by atoms with van der Waals surface area (Å²) in [4.78, 5) is 4.11. The fourth-order valence-corrected chi connectivity index (χ4v) is 3.88. The molecule has 2 rings (SSSR count). The smallest absolute Gasteiger partial charge is 0.261 e. The summed E-state index contributed by atoms with van der Waals surface area (Å²) in [5.41, 5.74) is 1.50. The van der Waals surface area contributed by atoms with Crippen molar-refractivity contribution < 1.29 is 8.42 Å². The zero-order valence-corrected chi connectivity index (χ0v) is 15.2. The topological polar surface area (TPSA) is 59.1 Å². The van der Waals surface area contributed by atoms with E-state index in [1.807, 2.05) is 34.7 Å². The molecule has 1 heterocycles. The minimum absolute atomic E-state index is 0.220. The van der Waals surface area contributed by atoms with Crippen LogP contribution >= 0.6 is 34.2 Å². The standard InChI is InChI=1S/C14H14ClIN2O2S/c1-9(2)10-3-5-11(6-4-10)21(19,20)18-13-8-17-14(15)7-12(13)16/h3-9,18H,1-2H3. The van der Waals surface area contributed by atoms with E-state index in [-0.39, 0.29) is 4.90 Å². The number of nitrogens with zero attached hydrogens (tertiary/aromatic N) is 1. The number of halogens is 2. The second-order valence-electron chi connectivity index (χ2n) is 4.82. The molecule has 0 aliphatic rings. The first-order chi connectivity index (χ1) is 9.79. The van der Waals surface area contributed by atoms with Crippen molar-refractivity contribution in [2.24, 2.45) is 0 Å². The van der Waals surface area contributed by atoms with Crippen LogP contribution in [0, 0.1) is 3.57 Å². The average Bonchev–Trinajstić information content (AvgIpc) is 2.42. The highest BCUT2D eigenvalue weighted by Gasteiger charge is 2.16. The largest absolute Gasteiger partial charge is 0.277 e. The summed E-state index contributed by atoms with van der Waals surface area (Å²) >= 11 is 7.77. The molecule has 0 fully saturated rings. The summed E-state index contributed by atoms with van der Waals surface area (Å²) in [7, 11) is -3.63. The van der Waals surface area contributed by atoms with Crippen LogP contribution in [0.4, 0.5) is 5.69 Å². The van der Waals surface area contributed by atoms with Gasteiger partial charge >= 0.3 is 0 Å². The average molecular weight is 437 g/mol. The molecule has 112 valence electrons. The molecule has 0 amide bonds. The normalized spacial score (nSPS) is 11.7. The molecular formula is C14H14ClIN2O2S. The molecule has 0 saturated carbocycles. The predicted molar refractivity (Wildman–Crippen MR) is 93.3 cm³/mol. The SMILES string of the molecule is CC(C)c1ccc(S(=O)(=O)Nc2cnc(Cl)cc2I)cc1. The van der Waals surface area contributed by atoms with E-state index in [1.54, 1.807) is 18.2 Å². The Bertz CT molecular complexity index is 746. The monoisotopic (exact) mass is 436 g/mol. The van der Waals surface area contributed by atoms with E-state index in [1.165, 1.54) is 6.20 Å². The molecule has 0 atom stereocenters. The first-order valence-electron chi connectivity index (χ1n) is 6.23. The van der Waals surface area contributed by atoms with Gasteiger partial charge in [-0.25, -0.2) is 13.4 Å². The zero-order chi connectivity index (χ0) is 15.6. The second-order valence-corrected chi connectivity index (χ2v) is 8.05. The van der Waals surface area contributed by atoms with Gasteiger partial charge in [-0.3, -0.25) is 4.72 Å². The van der Waals surface area contributed by atoms with E-state index >= 15 is 0 Å². The van der Waals surface area contributed by atoms with E-state index in [2.05, 4.69) is 23.6 Å². The van der Waals surface area contributed by atoms with Gasteiger partial charge < -0.3 is 0 Å². The lowest BCUT2D eigenvalue weighted by Gasteiger charge is -2.11. The van der Waals surface area contributed by atoms with Gasteiger partial charge in [0.2, 0.25) is 0 Å². The number of hydrogen-bond acceptors (Lipinski definition) is 3. The van der Waals surface area contributed by atoms with Crippen molar-refractivity contribution >= 4 is 49.9 Å². The molecule has 0 aliphatic carbocycles. The van der Waals surface area contributed by atoms with Gasteiger partial charge in [-0.1, -0.05) is 37.6 Å². The molecule has 0 radical (unpaired) electrons. The summed E-state index contributed by atoms with van der Waals surface area (Å²) in [5, 5.41) is 0.323. The van der Waals surface area contributed by atoms with Crippen LogP contribution in [0.2, 0.25) is 5.15 Å². The molecule has 1 aromatic carbocycles. The molecule has 0 unspecified atom stereocenters. The van der Waals surface area contributed by atoms with Crippen LogP contribution < -0.4 is 4.72 Å². The molecular weight excluding hydrogens is 423 g/mol. The van der Waals surface area contributed by atoms with E-state index in [4.69, 9.17) is 11.6 Å². The maximum absolute atomic E-state index is 12.3. The minimum atomic E-state index is -3.63. The minimum Gasteiger partial charge on any atom is -0.277 e. The van der Waals surface area contributed by atoms with Gasteiger partial charge in [0.25, 0.3) is 10.0 Å². The molecule has 21 heavy (non-hydrogen) atoms. The lowest BCUT2D eigenvalue weighted by Crippen LogP contribution is -2.14. The van der Waals surface area contributed by atoms with E-state index < -0.39 is 10.0 Å². The van der Waals surface area contributed by atoms with Crippen LogP contribution in [-0.4, -0.2) is 13.4 Å². The van der Waals surface area contributed by atoms with Crippen LogP contribution in [0.15, 0.2) is 41.4 Å². The molecule has 7 heteroatoms. The Kier molecular flexibility index (Phi) is 5.11. The van der Waals surface area contributed by atoms with Gasteiger partial charge in [-0.2, -0.15) is 0 Å². The molecule has 0 bridgehead atoms. The second kappa shape index (κ2) is 6.50. The van der Waals surface area contributed by atoms with Gasteiger partial charge in [0.05, 0.1) is 16.8 Å². The number of benzene rings is 1. The summed E-state index contributed by atoms with van der Waals surface area (Å²) < 4.78 is 27.9. The fourth-order valence-electron chi connectivity index (χ4n) is 1.72. The van der Waals surface area contributed by atoms with Crippen LogP contribution in [0.5, 0.6) is 0 Å². The lowest BCUT2D eigenvalue weighted by molar-refractivity contribution is 0.601. The van der Waals surface area contributed by atoms with Gasteiger partial charge in [-0.15, -0.1) is 0 Å². The summed E-state index contributed by atoms with van der Waals surface area (Å²) in [6.45, 7) is 4.12. The van der Waals surface area contributed by atoms with Gasteiger partial charge in [-0.05, 0) is 52.3 Å². The molecule has 2 aromatic rings. The van der Waals surface area contributed by atoms with Crippen LogP contribution in [0.25, 0.3) is 0 Å². The Balaban J connectivity index is 2.29. The highest BCUT2D eigenvalue weighted by Crippen LogP contribution is 2.24. The highest BCUT2D eigenvalue weighted by atomic mass is 127. The summed E-state index contributed by atoms with van der Waals surface area (Å²) in [6, 6.07) is 8.46. The maximum Gasteiger partial charge on any atom is 0.261 e. The fraction of sp³-hybridized carbons (Fsp3) is 0.214. The maximum atomic E-state index is 12.3. The molecule has 1 aromatic heterocycles. The Hall–Kier alpha value is -0.860.